The van der Waals surface area contributed by atoms with E-state index in [-0.39, 0.29) is 0 Å². The highest BCUT2D eigenvalue weighted by atomic mass is 16.5. The molecule has 0 aliphatic rings. The third-order valence-electron chi connectivity index (χ3n) is 3.11. The molecule has 1 aromatic heterocycles. The van der Waals surface area contributed by atoms with Crippen LogP contribution in [-0.2, 0) is 13.5 Å². The minimum atomic E-state index is 0.620. The molecule has 0 aliphatic heterocycles. The molecule has 2 N–H and O–H groups in total. The van der Waals surface area contributed by atoms with Crippen molar-refractivity contribution in [3.63, 3.8) is 0 Å². The summed E-state index contributed by atoms with van der Waals surface area (Å²) < 4.78 is 7.17. The van der Waals surface area contributed by atoms with Gasteiger partial charge >= 0.3 is 0 Å². The topological polar surface area (TPSA) is 53.1 Å². The zero-order valence-corrected chi connectivity index (χ0v) is 11.1. The van der Waals surface area contributed by atoms with Gasteiger partial charge in [0.15, 0.2) is 0 Å². The van der Waals surface area contributed by atoms with Gasteiger partial charge in [0, 0.05) is 19.0 Å². The van der Waals surface area contributed by atoms with E-state index in [1.807, 2.05) is 29.9 Å². The van der Waals surface area contributed by atoms with Crippen molar-refractivity contribution in [1.29, 1.82) is 0 Å². The van der Waals surface area contributed by atoms with E-state index in [4.69, 9.17) is 10.5 Å². The van der Waals surface area contributed by atoms with Crippen LogP contribution in [0.2, 0.25) is 0 Å². The quantitative estimate of drug-likeness (QED) is 0.895. The first-order valence-corrected chi connectivity index (χ1v) is 6.04. The number of methoxy groups -OCH3 is 1. The molecule has 1 aromatic carbocycles. The van der Waals surface area contributed by atoms with Crippen LogP contribution in [0, 0.1) is 6.92 Å². The minimum Gasteiger partial charge on any atom is -0.497 e. The molecule has 0 amide bonds. The van der Waals surface area contributed by atoms with Crippen LogP contribution < -0.4 is 10.5 Å². The van der Waals surface area contributed by atoms with E-state index in [1.165, 1.54) is 5.56 Å². The lowest BCUT2D eigenvalue weighted by Crippen LogP contribution is -2.04. The summed E-state index contributed by atoms with van der Waals surface area (Å²) in [5, 5.41) is 4.53. The Morgan fingerprint density at radius 2 is 2.17 bits per heavy atom. The largest absolute Gasteiger partial charge is 0.497 e. The second-order valence-corrected chi connectivity index (χ2v) is 4.31. The third kappa shape index (κ3) is 2.24. The maximum atomic E-state index is 5.60. The van der Waals surface area contributed by atoms with Crippen LogP contribution in [-0.4, -0.2) is 23.4 Å². The molecule has 2 rings (SSSR count). The number of nitrogens with two attached hydrogens (primary N) is 1. The zero-order chi connectivity index (χ0) is 13.1. The van der Waals surface area contributed by atoms with Gasteiger partial charge in [-0.05, 0) is 31.2 Å². The summed E-state index contributed by atoms with van der Waals surface area (Å²) in [6.07, 6.45) is 0.809. The van der Waals surface area contributed by atoms with E-state index in [0.29, 0.717) is 6.54 Å². The van der Waals surface area contributed by atoms with E-state index in [0.717, 1.165) is 29.1 Å². The number of aromatic nitrogens is 2. The Hall–Kier alpha value is -1.81. The van der Waals surface area contributed by atoms with Gasteiger partial charge in [0.2, 0.25) is 0 Å². The molecule has 0 fully saturated rings. The summed E-state index contributed by atoms with van der Waals surface area (Å²) in [4.78, 5) is 0. The Bertz CT molecular complexity index is 546. The fourth-order valence-electron chi connectivity index (χ4n) is 2.23. The summed E-state index contributed by atoms with van der Waals surface area (Å²) in [5.74, 6) is 0.855. The molecule has 96 valence electrons. The average Bonchev–Trinajstić information content (AvgIpc) is 2.65. The predicted octanol–water partition coefficient (Wildman–Crippen LogP) is 1.91. The van der Waals surface area contributed by atoms with Gasteiger partial charge in [-0.25, -0.2) is 0 Å². The molecule has 0 bridgehead atoms. The van der Waals surface area contributed by atoms with E-state index in [2.05, 4.69) is 18.1 Å². The van der Waals surface area contributed by atoms with Crippen molar-refractivity contribution in [3.05, 3.63) is 35.5 Å². The molecule has 18 heavy (non-hydrogen) atoms. The van der Waals surface area contributed by atoms with Crippen molar-refractivity contribution in [1.82, 2.24) is 9.78 Å². The highest BCUT2D eigenvalue weighted by molar-refractivity contribution is 5.66. The Morgan fingerprint density at radius 1 is 1.39 bits per heavy atom. The standard InChI is InChI=1S/C14H19N3O/c1-10-13(7-8-15)16-17(2)14(10)11-5-4-6-12(9-11)18-3/h4-6,9H,7-8,15H2,1-3H3. The number of ether oxygens (including phenoxy) is 1. The number of hydrogen-bond acceptors (Lipinski definition) is 3. The molecular weight excluding hydrogens is 226 g/mol. The normalized spacial score (nSPS) is 10.7. The summed E-state index contributed by atoms with van der Waals surface area (Å²) in [5.41, 5.74) is 10.1. The first-order chi connectivity index (χ1) is 8.67. The number of benzene rings is 1. The van der Waals surface area contributed by atoms with Crippen LogP contribution in [0.15, 0.2) is 24.3 Å². The van der Waals surface area contributed by atoms with Crippen molar-refractivity contribution in [2.75, 3.05) is 13.7 Å². The lowest BCUT2D eigenvalue weighted by Gasteiger charge is -2.06. The van der Waals surface area contributed by atoms with E-state index < -0.39 is 0 Å². The van der Waals surface area contributed by atoms with Crippen molar-refractivity contribution < 1.29 is 4.74 Å². The maximum absolute atomic E-state index is 5.60. The molecule has 0 radical (unpaired) electrons. The average molecular weight is 245 g/mol. The second-order valence-electron chi connectivity index (χ2n) is 4.31. The van der Waals surface area contributed by atoms with Gasteiger partial charge < -0.3 is 10.5 Å². The van der Waals surface area contributed by atoms with Crippen molar-refractivity contribution >= 4 is 0 Å². The van der Waals surface area contributed by atoms with Crippen molar-refractivity contribution in [2.24, 2.45) is 12.8 Å². The van der Waals surface area contributed by atoms with E-state index in [9.17, 15) is 0 Å². The molecule has 2 aromatic rings. The molecule has 0 spiro atoms. The molecule has 1 heterocycles. The highest BCUT2D eigenvalue weighted by Crippen LogP contribution is 2.28. The van der Waals surface area contributed by atoms with Gasteiger partial charge in [-0.1, -0.05) is 12.1 Å². The molecular formula is C14H19N3O. The van der Waals surface area contributed by atoms with Gasteiger partial charge in [0.25, 0.3) is 0 Å². The van der Waals surface area contributed by atoms with Gasteiger partial charge in [-0.2, -0.15) is 5.10 Å². The second kappa shape index (κ2) is 5.23. The van der Waals surface area contributed by atoms with Crippen LogP contribution in [0.4, 0.5) is 0 Å². The van der Waals surface area contributed by atoms with Crippen LogP contribution in [0.5, 0.6) is 5.75 Å². The third-order valence-corrected chi connectivity index (χ3v) is 3.11. The Balaban J connectivity index is 2.49. The molecule has 0 aliphatic carbocycles. The Morgan fingerprint density at radius 3 is 2.83 bits per heavy atom. The van der Waals surface area contributed by atoms with Gasteiger partial charge in [-0.15, -0.1) is 0 Å². The summed E-state index contributed by atoms with van der Waals surface area (Å²) >= 11 is 0. The number of rotatable bonds is 4. The first-order valence-electron chi connectivity index (χ1n) is 6.04. The number of nitrogens with zero attached hydrogens (tertiary/aromatic N) is 2. The zero-order valence-electron chi connectivity index (χ0n) is 11.1. The molecule has 0 saturated heterocycles. The molecule has 4 nitrogen and oxygen atoms in total. The monoisotopic (exact) mass is 245 g/mol. The lowest BCUT2D eigenvalue weighted by molar-refractivity contribution is 0.415. The van der Waals surface area contributed by atoms with Crippen molar-refractivity contribution in [2.45, 2.75) is 13.3 Å². The summed E-state index contributed by atoms with van der Waals surface area (Å²) in [6.45, 7) is 2.71. The Labute approximate surface area is 107 Å². The summed E-state index contributed by atoms with van der Waals surface area (Å²) in [6, 6.07) is 8.02. The van der Waals surface area contributed by atoms with Crippen molar-refractivity contribution in [3.8, 4) is 17.0 Å². The first kappa shape index (κ1) is 12.6. The molecule has 0 atom stereocenters. The minimum absolute atomic E-state index is 0.620. The molecule has 0 unspecified atom stereocenters. The van der Waals surface area contributed by atoms with Gasteiger partial charge in [0.05, 0.1) is 18.5 Å². The van der Waals surface area contributed by atoms with Crippen LogP contribution in [0.3, 0.4) is 0 Å². The van der Waals surface area contributed by atoms with Crippen LogP contribution >= 0.6 is 0 Å². The number of aryl methyl sites for hydroxylation is 1. The van der Waals surface area contributed by atoms with Crippen LogP contribution in [0.25, 0.3) is 11.3 Å². The van der Waals surface area contributed by atoms with Crippen LogP contribution in [0.1, 0.15) is 11.3 Å². The lowest BCUT2D eigenvalue weighted by atomic mass is 10.1. The molecule has 0 saturated carbocycles. The summed E-state index contributed by atoms with van der Waals surface area (Å²) in [7, 11) is 3.64. The smallest absolute Gasteiger partial charge is 0.119 e. The van der Waals surface area contributed by atoms with E-state index >= 15 is 0 Å². The fraction of sp³-hybridized carbons (Fsp3) is 0.357. The maximum Gasteiger partial charge on any atom is 0.119 e. The fourth-order valence-corrected chi connectivity index (χ4v) is 2.23. The molecule has 4 heteroatoms. The van der Waals surface area contributed by atoms with Gasteiger partial charge in [-0.3, -0.25) is 4.68 Å². The Kier molecular flexibility index (Phi) is 3.67. The van der Waals surface area contributed by atoms with Gasteiger partial charge in [0.1, 0.15) is 5.75 Å². The predicted molar refractivity (Wildman–Crippen MR) is 72.7 cm³/mol. The van der Waals surface area contributed by atoms with E-state index in [1.54, 1.807) is 7.11 Å². The SMILES string of the molecule is COc1cccc(-c2c(C)c(CCN)nn2C)c1. The highest BCUT2D eigenvalue weighted by Gasteiger charge is 2.13. The number of hydrogen-bond donors (Lipinski definition) is 1.